The van der Waals surface area contributed by atoms with Gasteiger partial charge in [-0.1, -0.05) is 24.3 Å². The normalized spacial score (nSPS) is 25.2. The minimum absolute atomic E-state index is 0.0235. The molecule has 142 valence electrons. The van der Waals surface area contributed by atoms with E-state index in [-0.39, 0.29) is 23.7 Å². The summed E-state index contributed by atoms with van der Waals surface area (Å²) in [4.78, 5) is 23.8. The van der Waals surface area contributed by atoms with Gasteiger partial charge in [0, 0.05) is 19.0 Å². The van der Waals surface area contributed by atoms with Crippen molar-refractivity contribution in [3.05, 3.63) is 35.4 Å². The average molecular weight is 377 g/mol. The van der Waals surface area contributed by atoms with Crippen LogP contribution in [0.4, 0.5) is 0 Å². The summed E-state index contributed by atoms with van der Waals surface area (Å²) >= 11 is 5.50. The standard InChI is InChI=1S/C21H29ClN2O2/c22-13-21(26)23-14-15-8-10-18(11-9-15)24-20(25)12-17-6-3-5-16-4-1-2-7-19(16)17/h1-2,4,7,15,17-18H,3,5-6,8-14H2,(H,23,26)(H,24,25). The maximum absolute atomic E-state index is 12.5. The van der Waals surface area contributed by atoms with Crippen molar-refractivity contribution in [2.24, 2.45) is 5.92 Å². The van der Waals surface area contributed by atoms with Crippen LogP contribution in [-0.2, 0) is 16.0 Å². The van der Waals surface area contributed by atoms with Crippen LogP contribution in [0.25, 0.3) is 0 Å². The van der Waals surface area contributed by atoms with Crippen molar-refractivity contribution in [3.63, 3.8) is 0 Å². The Kier molecular flexibility index (Phi) is 6.95. The van der Waals surface area contributed by atoms with Gasteiger partial charge in [0.15, 0.2) is 0 Å². The quantitative estimate of drug-likeness (QED) is 0.746. The molecule has 4 nitrogen and oxygen atoms in total. The number of fused-ring (bicyclic) bond motifs is 1. The molecule has 1 unspecified atom stereocenters. The van der Waals surface area contributed by atoms with Gasteiger partial charge in [0.1, 0.15) is 5.88 Å². The molecule has 0 heterocycles. The van der Waals surface area contributed by atoms with Crippen molar-refractivity contribution < 1.29 is 9.59 Å². The molecular weight excluding hydrogens is 348 g/mol. The number of rotatable bonds is 6. The zero-order valence-corrected chi connectivity index (χ0v) is 16.1. The minimum atomic E-state index is -0.102. The van der Waals surface area contributed by atoms with Gasteiger partial charge in [0.05, 0.1) is 0 Å². The van der Waals surface area contributed by atoms with Crippen molar-refractivity contribution >= 4 is 23.4 Å². The molecule has 3 rings (SSSR count). The highest BCUT2D eigenvalue weighted by atomic mass is 35.5. The fourth-order valence-electron chi connectivity index (χ4n) is 4.39. The molecule has 1 aromatic rings. The van der Waals surface area contributed by atoms with Gasteiger partial charge in [0.2, 0.25) is 11.8 Å². The van der Waals surface area contributed by atoms with E-state index in [1.807, 2.05) is 0 Å². The first-order valence-corrected chi connectivity index (χ1v) is 10.4. The van der Waals surface area contributed by atoms with E-state index in [1.54, 1.807) is 0 Å². The molecule has 26 heavy (non-hydrogen) atoms. The first kappa shape index (κ1) is 19.2. The molecule has 2 aliphatic carbocycles. The Hall–Kier alpha value is -1.55. The van der Waals surface area contributed by atoms with Crippen LogP contribution < -0.4 is 10.6 Å². The van der Waals surface area contributed by atoms with Gasteiger partial charge < -0.3 is 10.6 Å². The maximum atomic E-state index is 12.5. The first-order valence-electron chi connectivity index (χ1n) is 9.85. The zero-order chi connectivity index (χ0) is 18.4. The van der Waals surface area contributed by atoms with Crippen LogP contribution >= 0.6 is 11.6 Å². The molecule has 2 amide bonds. The third-order valence-corrected chi connectivity index (χ3v) is 6.09. The number of aryl methyl sites for hydroxylation is 1. The summed E-state index contributed by atoms with van der Waals surface area (Å²) in [5.74, 6) is 0.971. The van der Waals surface area contributed by atoms with Crippen LogP contribution in [0.3, 0.4) is 0 Å². The second-order valence-electron chi connectivity index (χ2n) is 7.71. The molecule has 2 aliphatic rings. The van der Waals surface area contributed by atoms with Crippen LogP contribution in [0.5, 0.6) is 0 Å². The van der Waals surface area contributed by atoms with E-state index in [9.17, 15) is 9.59 Å². The molecule has 0 saturated heterocycles. The Morgan fingerprint density at radius 1 is 1.04 bits per heavy atom. The molecule has 0 aliphatic heterocycles. The smallest absolute Gasteiger partial charge is 0.234 e. The van der Waals surface area contributed by atoms with Gasteiger partial charge in [-0.3, -0.25) is 9.59 Å². The summed E-state index contributed by atoms with van der Waals surface area (Å²) in [5, 5.41) is 6.11. The second kappa shape index (κ2) is 9.40. The van der Waals surface area contributed by atoms with E-state index in [0.29, 0.717) is 24.8 Å². The first-order chi connectivity index (χ1) is 12.7. The molecule has 1 saturated carbocycles. The monoisotopic (exact) mass is 376 g/mol. The number of hydrogen-bond donors (Lipinski definition) is 2. The Balaban J connectivity index is 1.42. The Morgan fingerprint density at radius 3 is 2.58 bits per heavy atom. The largest absolute Gasteiger partial charge is 0.355 e. The Bertz CT molecular complexity index is 626. The molecule has 1 aromatic carbocycles. The van der Waals surface area contributed by atoms with Crippen molar-refractivity contribution in [3.8, 4) is 0 Å². The molecule has 0 spiro atoms. The number of carbonyl (C=O) groups excluding carboxylic acids is 2. The van der Waals surface area contributed by atoms with Gasteiger partial charge in [-0.05, 0) is 67.9 Å². The SMILES string of the molecule is O=C(CCl)NCC1CCC(NC(=O)CC2CCCc3ccccc32)CC1. The third kappa shape index (κ3) is 5.23. The molecule has 1 atom stereocenters. The van der Waals surface area contributed by atoms with Gasteiger partial charge >= 0.3 is 0 Å². The fourth-order valence-corrected chi connectivity index (χ4v) is 4.49. The van der Waals surface area contributed by atoms with Crippen LogP contribution in [0.2, 0.25) is 0 Å². The number of hydrogen-bond acceptors (Lipinski definition) is 2. The van der Waals surface area contributed by atoms with Crippen LogP contribution in [-0.4, -0.2) is 30.3 Å². The summed E-state index contributed by atoms with van der Waals surface area (Å²) in [7, 11) is 0. The fraction of sp³-hybridized carbons (Fsp3) is 0.619. The van der Waals surface area contributed by atoms with Crippen LogP contribution in [0.1, 0.15) is 62.0 Å². The highest BCUT2D eigenvalue weighted by Gasteiger charge is 2.26. The molecule has 5 heteroatoms. The van der Waals surface area contributed by atoms with Gasteiger partial charge in [-0.2, -0.15) is 0 Å². The van der Waals surface area contributed by atoms with E-state index in [1.165, 1.54) is 17.5 Å². The van der Waals surface area contributed by atoms with E-state index in [0.717, 1.165) is 38.5 Å². The third-order valence-electron chi connectivity index (χ3n) is 5.85. The molecule has 0 radical (unpaired) electrons. The lowest BCUT2D eigenvalue weighted by Crippen LogP contribution is -2.40. The number of amides is 2. The number of halogens is 1. The minimum Gasteiger partial charge on any atom is -0.355 e. The van der Waals surface area contributed by atoms with E-state index in [4.69, 9.17) is 11.6 Å². The van der Waals surface area contributed by atoms with Crippen molar-refractivity contribution in [2.75, 3.05) is 12.4 Å². The Morgan fingerprint density at radius 2 is 1.81 bits per heavy atom. The second-order valence-corrected chi connectivity index (χ2v) is 7.98. The molecular formula is C21H29ClN2O2. The van der Waals surface area contributed by atoms with Crippen molar-refractivity contribution in [1.82, 2.24) is 10.6 Å². The van der Waals surface area contributed by atoms with E-state index < -0.39 is 0 Å². The van der Waals surface area contributed by atoms with Crippen LogP contribution in [0, 0.1) is 5.92 Å². The Labute approximate surface area is 161 Å². The molecule has 1 fully saturated rings. The van der Waals surface area contributed by atoms with E-state index in [2.05, 4.69) is 34.9 Å². The number of nitrogens with one attached hydrogen (secondary N) is 2. The topological polar surface area (TPSA) is 58.2 Å². The number of benzene rings is 1. The molecule has 0 aromatic heterocycles. The summed E-state index contributed by atoms with van der Waals surface area (Å²) in [6.45, 7) is 0.699. The zero-order valence-electron chi connectivity index (χ0n) is 15.3. The lowest BCUT2D eigenvalue weighted by molar-refractivity contribution is -0.122. The predicted molar refractivity (Wildman–Crippen MR) is 104 cm³/mol. The maximum Gasteiger partial charge on any atom is 0.234 e. The lowest BCUT2D eigenvalue weighted by Gasteiger charge is -2.30. The summed E-state index contributed by atoms with van der Waals surface area (Å²) in [5.41, 5.74) is 2.78. The summed E-state index contributed by atoms with van der Waals surface area (Å²) in [6.07, 6.45) is 8.09. The van der Waals surface area contributed by atoms with Crippen LogP contribution in [0.15, 0.2) is 24.3 Å². The van der Waals surface area contributed by atoms with Crippen molar-refractivity contribution in [2.45, 2.75) is 63.3 Å². The predicted octanol–water partition coefficient (Wildman–Crippen LogP) is 3.53. The van der Waals surface area contributed by atoms with E-state index >= 15 is 0 Å². The lowest BCUT2D eigenvalue weighted by atomic mass is 9.80. The highest BCUT2D eigenvalue weighted by molar-refractivity contribution is 6.27. The molecule has 0 bridgehead atoms. The van der Waals surface area contributed by atoms with Crippen molar-refractivity contribution in [1.29, 1.82) is 0 Å². The average Bonchev–Trinajstić information content (AvgIpc) is 2.67. The molecule has 2 N–H and O–H groups in total. The highest BCUT2D eigenvalue weighted by Crippen LogP contribution is 2.34. The number of alkyl halides is 1. The van der Waals surface area contributed by atoms with Gasteiger partial charge in [-0.25, -0.2) is 0 Å². The summed E-state index contributed by atoms with van der Waals surface area (Å²) in [6, 6.07) is 8.84. The number of carbonyl (C=O) groups is 2. The van der Waals surface area contributed by atoms with Gasteiger partial charge in [-0.15, -0.1) is 11.6 Å². The van der Waals surface area contributed by atoms with Gasteiger partial charge in [0.25, 0.3) is 0 Å². The summed E-state index contributed by atoms with van der Waals surface area (Å²) < 4.78 is 0.